The maximum Gasteiger partial charge on any atom is 0.187 e. The minimum absolute atomic E-state index is 0.147. The van der Waals surface area contributed by atoms with E-state index in [0.29, 0.717) is 0 Å². The molecule has 1 aromatic rings. The van der Waals surface area contributed by atoms with E-state index in [2.05, 4.69) is 18.8 Å². The number of ether oxygens (including phenoxy) is 4. The minimum Gasteiger partial charge on any atom is -0.387 e. The predicted octanol–water partition coefficient (Wildman–Crippen LogP) is 2.54. The molecule has 2 aliphatic heterocycles. The van der Waals surface area contributed by atoms with Gasteiger partial charge in [0.1, 0.15) is 31.0 Å². The van der Waals surface area contributed by atoms with E-state index in [4.69, 9.17) is 18.9 Å². The van der Waals surface area contributed by atoms with Crippen LogP contribution in [0.3, 0.4) is 0 Å². The third-order valence-electron chi connectivity index (χ3n) is 5.01. The van der Waals surface area contributed by atoms with Crippen LogP contribution in [0.15, 0.2) is 30.3 Å². The van der Waals surface area contributed by atoms with E-state index in [1.165, 1.54) is 19.3 Å². The van der Waals surface area contributed by atoms with Crippen molar-refractivity contribution in [2.75, 3.05) is 13.2 Å². The molecule has 0 spiro atoms. The summed E-state index contributed by atoms with van der Waals surface area (Å²) in [6.45, 7) is 2.57. The first kappa shape index (κ1) is 21.3. The number of hydrogen-bond acceptors (Lipinski definition) is 6. The summed E-state index contributed by atoms with van der Waals surface area (Å²) in [7, 11) is 0. The van der Waals surface area contributed by atoms with Crippen LogP contribution in [0.2, 0.25) is 0 Å². The van der Waals surface area contributed by atoms with Crippen molar-refractivity contribution in [3.8, 4) is 11.8 Å². The molecule has 2 aliphatic rings. The second-order valence-corrected chi connectivity index (χ2v) is 7.18. The fraction of sp³-hybridized carbons (Fsp3) is 0.636. The number of benzene rings is 1. The zero-order valence-corrected chi connectivity index (χ0v) is 16.3. The summed E-state index contributed by atoms with van der Waals surface area (Å²) in [4.78, 5) is 0. The molecule has 0 radical (unpaired) electrons. The van der Waals surface area contributed by atoms with Crippen LogP contribution in [-0.4, -0.2) is 54.1 Å². The fourth-order valence-electron chi connectivity index (χ4n) is 3.40. The molecule has 6 nitrogen and oxygen atoms in total. The van der Waals surface area contributed by atoms with Crippen LogP contribution in [-0.2, 0) is 18.9 Å². The highest BCUT2D eigenvalue weighted by molar-refractivity contribution is 5.16. The lowest BCUT2D eigenvalue weighted by Gasteiger charge is -2.46. The van der Waals surface area contributed by atoms with Gasteiger partial charge in [-0.05, 0) is 6.42 Å². The first-order valence-corrected chi connectivity index (χ1v) is 10.1. The van der Waals surface area contributed by atoms with Gasteiger partial charge < -0.3 is 29.2 Å². The summed E-state index contributed by atoms with van der Waals surface area (Å²) < 4.78 is 22.9. The van der Waals surface area contributed by atoms with Crippen molar-refractivity contribution in [1.29, 1.82) is 0 Å². The van der Waals surface area contributed by atoms with Crippen LogP contribution in [0.5, 0.6) is 0 Å². The molecule has 28 heavy (non-hydrogen) atoms. The second kappa shape index (κ2) is 10.9. The zero-order valence-electron chi connectivity index (χ0n) is 16.3. The summed E-state index contributed by atoms with van der Waals surface area (Å²) in [6, 6.07) is 9.49. The molecule has 2 saturated heterocycles. The SMILES string of the molecule is CCCCCCC#CCO[C@@H]1O[C@@H]2CO[C@@H](c3ccccc3)O[C@H]2[C@H](O)[C@H]1O. The maximum absolute atomic E-state index is 10.5. The molecule has 0 aromatic heterocycles. The smallest absolute Gasteiger partial charge is 0.187 e. The molecule has 0 amide bonds. The highest BCUT2D eigenvalue weighted by Crippen LogP contribution is 2.34. The van der Waals surface area contributed by atoms with Crippen molar-refractivity contribution in [2.24, 2.45) is 0 Å². The van der Waals surface area contributed by atoms with E-state index in [1.54, 1.807) is 0 Å². The van der Waals surface area contributed by atoms with Gasteiger partial charge in [0.25, 0.3) is 0 Å². The van der Waals surface area contributed by atoms with Gasteiger partial charge in [0.15, 0.2) is 12.6 Å². The standard InChI is InChI=1S/C22H30O6/c1-2-3-4-5-6-7-11-14-25-22-19(24)18(23)20-17(27-22)15-26-21(28-20)16-12-9-8-10-13-16/h8-10,12-13,17-24H,2-6,14-15H2,1H3/t17-,18-,19-,20-,21-,22-/m1/s1. The van der Waals surface area contributed by atoms with Gasteiger partial charge in [-0.2, -0.15) is 0 Å². The Morgan fingerprint density at radius 2 is 1.86 bits per heavy atom. The summed E-state index contributed by atoms with van der Waals surface area (Å²) in [5, 5.41) is 20.9. The molecule has 2 N–H and O–H groups in total. The summed E-state index contributed by atoms with van der Waals surface area (Å²) in [5.74, 6) is 6.00. The van der Waals surface area contributed by atoms with E-state index in [1.807, 2.05) is 30.3 Å². The lowest BCUT2D eigenvalue weighted by atomic mass is 9.98. The van der Waals surface area contributed by atoms with Crippen LogP contribution in [0.1, 0.15) is 50.9 Å². The average molecular weight is 390 g/mol. The number of fused-ring (bicyclic) bond motifs is 1. The van der Waals surface area contributed by atoms with E-state index < -0.39 is 37.0 Å². The number of rotatable bonds is 7. The molecule has 154 valence electrons. The molecule has 0 unspecified atom stereocenters. The fourth-order valence-corrected chi connectivity index (χ4v) is 3.40. The third kappa shape index (κ3) is 5.54. The molecule has 0 aliphatic carbocycles. The first-order chi connectivity index (χ1) is 13.7. The summed E-state index contributed by atoms with van der Waals surface area (Å²) in [5.41, 5.74) is 0.857. The number of hydrogen-bond donors (Lipinski definition) is 2. The number of aliphatic hydroxyl groups is 2. The van der Waals surface area contributed by atoms with Crippen molar-refractivity contribution in [2.45, 2.75) is 76.0 Å². The second-order valence-electron chi connectivity index (χ2n) is 7.18. The van der Waals surface area contributed by atoms with Crippen LogP contribution in [0.25, 0.3) is 0 Å². The Bertz CT molecular complexity index is 637. The minimum atomic E-state index is -1.21. The molecule has 1 aromatic carbocycles. The Morgan fingerprint density at radius 3 is 2.64 bits per heavy atom. The van der Waals surface area contributed by atoms with Crippen LogP contribution < -0.4 is 0 Å². The Morgan fingerprint density at radius 1 is 1.04 bits per heavy atom. The van der Waals surface area contributed by atoms with Gasteiger partial charge in [-0.15, -0.1) is 5.92 Å². The van der Waals surface area contributed by atoms with Crippen molar-refractivity contribution in [3.63, 3.8) is 0 Å². The Labute approximate surface area is 166 Å². The Hall–Kier alpha value is -1.46. The van der Waals surface area contributed by atoms with Crippen LogP contribution in [0, 0.1) is 11.8 Å². The molecule has 0 saturated carbocycles. The van der Waals surface area contributed by atoms with Gasteiger partial charge in [-0.3, -0.25) is 0 Å². The van der Waals surface area contributed by atoms with Crippen molar-refractivity contribution in [1.82, 2.24) is 0 Å². The molecular formula is C22H30O6. The topological polar surface area (TPSA) is 77.4 Å². The highest BCUT2D eigenvalue weighted by Gasteiger charge is 2.49. The first-order valence-electron chi connectivity index (χ1n) is 10.1. The monoisotopic (exact) mass is 390 g/mol. The summed E-state index contributed by atoms with van der Waals surface area (Å²) >= 11 is 0. The molecule has 2 fully saturated rings. The molecule has 6 heteroatoms. The van der Waals surface area contributed by atoms with Crippen molar-refractivity contribution < 1.29 is 29.2 Å². The Kier molecular flexibility index (Phi) is 8.28. The highest BCUT2D eigenvalue weighted by atomic mass is 16.8. The van der Waals surface area contributed by atoms with Crippen LogP contribution >= 0.6 is 0 Å². The third-order valence-corrected chi connectivity index (χ3v) is 5.01. The van der Waals surface area contributed by atoms with Gasteiger partial charge in [-0.25, -0.2) is 0 Å². The van der Waals surface area contributed by atoms with Gasteiger partial charge in [0, 0.05) is 12.0 Å². The average Bonchev–Trinajstić information content (AvgIpc) is 2.74. The van der Waals surface area contributed by atoms with Crippen LogP contribution in [0.4, 0.5) is 0 Å². The number of aliphatic hydroxyl groups excluding tert-OH is 2. The molecular weight excluding hydrogens is 360 g/mol. The predicted molar refractivity (Wildman–Crippen MR) is 103 cm³/mol. The van der Waals surface area contributed by atoms with Gasteiger partial charge in [0.05, 0.1) is 6.61 Å². The van der Waals surface area contributed by atoms with E-state index in [-0.39, 0.29) is 13.2 Å². The Balaban J connectivity index is 1.47. The maximum atomic E-state index is 10.5. The van der Waals surface area contributed by atoms with Gasteiger partial charge in [-0.1, -0.05) is 62.4 Å². The summed E-state index contributed by atoms with van der Waals surface area (Å²) in [6.07, 6.45) is 0.487. The van der Waals surface area contributed by atoms with Gasteiger partial charge >= 0.3 is 0 Å². The van der Waals surface area contributed by atoms with E-state index >= 15 is 0 Å². The molecule has 3 rings (SSSR count). The molecule has 0 bridgehead atoms. The zero-order chi connectivity index (χ0) is 19.8. The van der Waals surface area contributed by atoms with Crippen molar-refractivity contribution in [3.05, 3.63) is 35.9 Å². The van der Waals surface area contributed by atoms with Gasteiger partial charge in [0.2, 0.25) is 0 Å². The lowest BCUT2D eigenvalue weighted by molar-refractivity contribution is -0.359. The largest absolute Gasteiger partial charge is 0.387 e. The lowest BCUT2D eigenvalue weighted by Crippen LogP contribution is -2.62. The van der Waals surface area contributed by atoms with Crippen molar-refractivity contribution >= 4 is 0 Å². The molecule has 2 heterocycles. The molecule has 6 atom stereocenters. The normalized spacial score (nSPS) is 32.2. The number of unbranched alkanes of at least 4 members (excludes halogenated alkanes) is 4. The van der Waals surface area contributed by atoms with E-state index in [0.717, 1.165) is 18.4 Å². The van der Waals surface area contributed by atoms with E-state index in [9.17, 15) is 10.2 Å². The quantitative estimate of drug-likeness (QED) is 0.550.